The van der Waals surface area contributed by atoms with E-state index in [1.807, 2.05) is 18.4 Å². The molecule has 176 valence electrons. The lowest BCUT2D eigenvalue weighted by atomic mass is 9.89. The third kappa shape index (κ3) is 4.03. The molecular formula is C29H33N3O2. The number of aromatic nitrogens is 1. The van der Waals surface area contributed by atoms with Crippen molar-refractivity contribution in [1.82, 2.24) is 14.8 Å². The fourth-order valence-electron chi connectivity index (χ4n) is 6.04. The van der Waals surface area contributed by atoms with Crippen LogP contribution in [0.25, 0.3) is 21.9 Å². The van der Waals surface area contributed by atoms with E-state index in [-0.39, 0.29) is 5.91 Å². The maximum Gasteiger partial charge on any atom is 0.270 e. The highest BCUT2D eigenvalue weighted by atomic mass is 16.3. The Kier molecular flexibility index (Phi) is 5.66. The number of aryl methyl sites for hydroxylation is 1. The zero-order chi connectivity index (χ0) is 23.1. The Bertz CT molecular complexity index is 1310. The summed E-state index contributed by atoms with van der Waals surface area (Å²) < 4.78 is 5.79. The Labute approximate surface area is 200 Å². The summed E-state index contributed by atoms with van der Waals surface area (Å²) in [6.45, 7) is 6.26. The lowest BCUT2D eigenvalue weighted by molar-refractivity contribution is 0.0712. The van der Waals surface area contributed by atoms with E-state index in [1.165, 1.54) is 29.4 Å². The van der Waals surface area contributed by atoms with Gasteiger partial charge in [0.25, 0.3) is 5.91 Å². The van der Waals surface area contributed by atoms with E-state index < -0.39 is 0 Å². The molecule has 0 spiro atoms. The first-order chi connectivity index (χ1) is 16.7. The van der Waals surface area contributed by atoms with Gasteiger partial charge < -0.3 is 19.2 Å². The van der Waals surface area contributed by atoms with E-state index in [4.69, 9.17) is 4.42 Å². The zero-order valence-corrected chi connectivity index (χ0v) is 19.9. The van der Waals surface area contributed by atoms with Crippen LogP contribution in [-0.2, 0) is 0 Å². The standard InChI is InChI=1S/C29H33N3O2/c1-20-8-9-26-22(17-20)18-27(30-26)29(33)32-13-4-5-23(32)12-16-31-14-10-21(11-15-31)25-19-34-28-7-3-2-6-24(25)28/h2-3,6-9,17-19,21,23,30H,4-5,10-16H2,1H3/t23-/m0/s1. The van der Waals surface area contributed by atoms with Crippen LogP contribution in [0.1, 0.15) is 59.6 Å². The molecule has 1 N–H and O–H groups in total. The Morgan fingerprint density at radius 3 is 2.79 bits per heavy atom. The van der Waals surface area contributed by atoms with Gasteiger partial charge in [-0.2, -0.15) is 0 Å². The summed E-state index contributed by atoms with van der Waals surface area (Å²) in [5.74, 6) is 0.733. The number of piperidine rings is 1. The van der Waals surface area contributed by atoms with Crippen molar-refractivity contribution in [1.29, 1.82) is 0 Å². The van der Waals surface area contributed by atoms with Gasteiger partial charge in [0.15, 0.2) is 0 Å². The number of nitrogens with zero attached hydrogens (tertiary/aromatic N) is 2. The molecule has 4 aromatic rings. The summed E-state index contributed by atoms with van der Waals surface area (Å²) in [5, 5.41) is 2.39. The molecule has 6 rings (SSSR count). The molecule has 0 aliphatic carbocycles. The van der Waals surface area contributed by atoms with Gasteiger partial charge in [0.1, 0.15) is 11.3 Å². The summed E-state index contributed by atoms with van der Waals surface area (Å²) in [6, 6.07) is 17.0. The lowest BCUT2D eigenvalue weighted by Gasteiger charge is -2.33. The Morgan fingerprint density at radius 2 is 1.91 bits per heavy atom. The summed E-state index contributed by atoms with van der Waals surface area (Å²) in [5.41, 5.74) is 5.35. The third-order valence-corrected chi connectivity index (χ3v) is 7.96. The number of rotatable bonds is 5. The second-order valence-electron chi connectivity index (χ2n) is 10.2. The molecule has 2 aromatic carbocycles. The maximum absolute atomic E-state index is 13.3. The van der Waals surface area contributed by atoms with Gasteiger partial charge in [0.05, 0.1) is 6.26 Å². The van der Waals surface area contributed by atoms with Crippen LogP contribution in [0.3, 0.4) is 0 Å². The quantitative estimate of drug-likeness (QED) is 0.396. The summed E-state index contributed by atoms with van der Waals surface area (Å²) in [6.07, 6.45) is 7.59. The first-order valence-corrected chi connectivity index (χ1v) is 12.7. The number of H-pyrrole nitrogens is 1. The van der Waals surface area contributed by atoms with Crippen LogP contribution in [0.15, 0.2) is 59.2 Å². The smallest absolute Gasteiger partial charge is 0.270 e. The van der Waals surface area contributed by atoms with Crippen LogP contribution in [0, 0.1) is 6.92 Å². The monoisotopic (exact) mass is 455 g/mol. The van der Waals surface area contributed by atoms with Crippen molar-refractivity contribution in [3.63, 3.8) is 0 Å². The van der Waals surface area contributed by atoms with Crippen LogP contribution in [0.2, 0.25) is 0 Å². The van der Waals surface area contributed by atoms with E-state index >= 15 is 0 Å². The Morgan fingerprint density at radius 1 is 1.06 bits per heavy atom. The molecule has 5 heteroatoms. The summed E-state index contributed by atoms with van der Waals surface area (Å²) >= 11 is 0. The average Bonchev–Trinajstić information content (AvgIpc) is 3.60. The molecule has 0 saturated carbocycles. The minimum atomic E-state index is 0.155. The van der Waals surface area contributed by atoms with Gasteiger partial charge in [0.2, 0.25) is 0 Å². The normalized spacial score (nSPS) is 20.0. The first kappa shape index (κ1) is 21.5. The highest BCUT2D eigenvalue weighted by Crippen LogP contribution is 2.34. The van der Waals surface area contributed by atoms with Gasteiger partial charge in [-0.25, -0.2) is 0 Å². The molecule has 1 atom stereocenters. The van der Waals surface area contributed by atoms with Crippen LogP contribution in [0.4, 0.5) is 0 Å². The molecule has 2 fully saturated rings. The van der Waals surface area contributed by atoms with Crippen molar-refractivity contribution >= 4 is 27.8 Å². The average molecular weight is 456 g/mol. The number of hydrogen-bond acceptors (Lipinski definition) is 3. The van der Waals surface area contributed by atoms with Gasteiger partial charge in [-0.3, -0.25) is 4.79 Å². The van der Waals surface area contributed by atoms with E-state index in [1.54, 1.807) is 0 Å². The van der Waals surface area contributed by atoms with E-state index in [0.717, 1.165) is 67.6 Å². The van der Waals surface area contributed by atoms with Gasteiger partial charge in [-0.1, -0.05) is 29.8 Å². The molecule has 2 aliphatic rings. The van der Waals surface area contributed by atoms with Crippen LogP contribution < -0.4 is 0 Å². The Balaban J connectivity index is 1.05. The number of carbonyl (C=O) groups is 1. The lowest BCUT2D eigenvalue weighted by Crippen LogP contribution is -2.40. The van der Waals surface area contributed by atoms with Crippen molar-refractivity contribution in [3.8, 4) is 0 Å². The van der Waals surface area contributed by atoms with Crippen molar-refractivity contribution in [2.75, 3.05) is 26.2 Å². The zero-order valence-electron chi connectivity index (χ0n) is 19.9. The molecule has 2 aromatic heterocycles. The fraction of sp³-hybridized carbons (Fsp3) is 0.414. The number of nitrogens with one attached hydrogen (secondary N) is 1. The summed E-state index contributed by atoms with van der Waals surface area (Å²) in [7, 11) is 0. The van der Waals surface area contributed by atoms with Crippen LogP contribution >= 0.6 is 0 Å². The third-order valence-electron chi connectivity index (χ3n) is 7.96. The van der Waals surface area contributed by atoms with Crippen molar-refractivity contribution in [3.05, 3.63) is 71.6 Å². The van der Waals surface area contributed by atoms with E-state index in [0.29, 0.717) is 12.0 Å². The molecular weight excluding hydrogens is 422 g/mol. The fourth-order valence-corrected chi connectivity index (χ4v) is 6.04. The molecule has 0 radical (unpaired) electrons. The second kappa shape index (κ2) is 8.95. The predicted molar refractivity (Wildman–Crippen MR) is 136 cm³/mol. The number of hydrogen-bond donors (Lipinski definition) is 1. The number of fused-ring (bicyclic) bond motifs is 2. The minimum absolute atomic E-state index is 0.155. The van der Waals surface area contributed by atoms with E-state index in [2.05, 4.69) is 58.1 Å². The second-order valence-corrected chi connectivity index (χ2v) is 10.2. The predicted octanol–water partition coefficient (Wildman–Crippen LogP) is 6.10. The first-order valence-electron chi connectivity index (χ1n) is 12.7. The van der Waals surface area contributed by atoms with Gasteiger partial charge in [-0.15, -0.1) is 0 Å². The highest BCUT2D eigenvalue weighted by molar-refractivity contribution is 5.98. The molecule has 1 amide bonds. The number of carbonyl (C=O) groups excluding carboxylic acids is 1. The minimum Gasteiger partial charge on any atom is -0.464 e. The molecule has 4 heterocycles. The van der Waals surface area contributed by atoms with Crippen LogP contribution in [0.5, 0.6) is 0 Å². The largest absolute Gasteiger partial charge is 0.464 e. The summed E-state index contributed by atoms with van der Waals surface area (Å²) in [4.78, 5) is 21.4. The topological polar surface area (TPSA) is 52.5 Å². The number of likely N-dealkylation sites (tertiary alicyclic amines) is 2. The number of furan rings is 1. The van der Waals surface area contributed by atoms with Gasteiger partial charge in [0, 0.05) is 41.0 Å². The highest BCUT2D eigenvalue weighted by Gasteiger charge is 2.31. The molecule has 5 nitrogen and oxygen atoms in total. The number of aromatic amines is 1. The molecule has 2 aliphatic heterocycles. The van der Waals surface area contributed by atoms with Crippen molar-refractivity contribution in [2.24, 2.45) is 0 Å². The maximum atomic E-state index is 13.3. The molecule has 34 heavy (non-hydrogen) atoms. The van der Waals surface area contributed by atoms with Gasteiger partial charge >= 0.3 is 0 Å². The van der Waals surface area contributed by atoms with Crippen LogP contribution in [-0.4, -0.2) is 52.9 Å². The van der Waals surface area contributed by atoms with E-state index in [9.17, 15) is 4.79 Å². The molecule has 2 saturated heterocycles. The van der Waals surface area contributed by atoms with Crippen molar-refractivity contribution in [2.45, 2.75) is 51.0 Å². The number of benzene rings is 2. The number of para-hydroxylation sites is 1. The molecule has 0 unspecified atom stereocenters. The van der Waals surface area contributed by atoms with Gasteiger partial charge in [-0.05, 0) is 82.3 Å². The number of amides is 1. The SMILES string of the molecule is Cc1ccc2[nH]c(C(=O)N3CCC[C@H]3CCN3CCC(c4coc5ccccc45)CC3)cc2c1. The van der Waals surface area contributed by atoms with Crippen molar-refractivity contribution < 1.29 is 9.21 Å². The molecule has 0 bridgehead atoms. The Hall–Kier alpha value is -3.05.